The maximum Gasteiger partial charge on any atom is 0.410 e. The number of carbonyl (C=O) groups is 1. The van der Waals surface area contributed by atoms with Gasteiger partial charge in [0.25, 0.3) is 0 Å². The lowest BCUT2D eigenvalue weighted by Gasteiger charge is -2.24. The van der Waals surface area contributed by atoms with Crippen LogP contribution in [0.5, 0.6) is 0 Å². The van der Waals surface area contributed by atoms with E-state index < -0.39 is 5.60 Å². The number of aromatic nitrogens is 1. The predicted molar refractivity (Wildman–Crippen MR) is 96.3 cm³/mol. The highest BCUT2D eigenvalue weighted by molar-refractivity contribution is 5.92. The number of nitrogens with zero attached hydrogens (tertiary/aromatic N) is 3. The van der Waals surface area contributed by atoms with Crippen molar-refractivity contribution >= 4 is 22.7 Å². The third kappa shape index (κ3) is 4.00. The number of rotatable bonds is 2. The molecule has 0 aliphatic carbocycles. The molecule has 1 unspecified atom stereocenters. The van der Waals surface area contributed by atoms with Gasteiger partial charge < -0.3 is 15.0 Å². The first-order valence-electron chi connectivity index (χ1n) is 8.40. The van der Waals surface area contributed by atoms with Gasteiger partial charge in [0.15, 0.2) is 0 Å². The van der Waals surface area contributed by atoms with Crippen LogP contribution in [0.4, 0.5) is 10.6 Å². The number of fused-ring (bicyclic) bond motifs is 1. The molecule has 6 nitrogen and oxygen atoms in total. The number of hydrogen-bond donors (Lipinski definition) is 1. The van der Waals surface area contributed by atoms with Gasteiger partial charge in [-0.3, -0.25) is 0 Å². The van der Waals surface area contributed by atoms with Crippen molar-refractivity contribution in [3.8, 4) is 6.07 Å². The van der Waals surface area contributed by atoms with Crippen molar-refractivity contribution < 1.29 is 9.53 Å². The molecule has 1 aromatic heterocycles. The van der Waals surface area contributed by atoms with Gasteiger partial charge in [-0.1, -0.05) is 24.3 Å². The van der Waals surface area contributed by atoms with Gasteiger partial charge in [0, 0.05) is 24.5 Å². The predicted octanol–water partition coefficient (Wildman–Crippen LogP) is 3.53. The molecule has 3 rings (SSSR count). The zero-order valence-electron chi connectivity index (χ0n) is 14.7. The number of amides is 1. The summed E-state index contributed by atoms with van der Waals surface area (Å²) in [6.45, 7) is 6.78. The molecular weight excluding hydrogens is 316 g/mol. The summed E-state index contributed by atoms with van der Waals surface area (Å²) in [4.78, 5) is 18.3. The van der Waals surface area contributed by atoms with Crippen LogP contribution in [0.25, 0.3) is 10.8 Å². The number of ether oxygens (including phenoxy) is 1. The van der Waals surface area contributed by atoms with Crippen molar-refractivity contribution in [2.45, 2.75) is 38.8 Å². The number of nitriles is 1. The standard InChI is InChI=1S/C19H22N4O2/c1-19(2,3)25-18(24)23-9-8-14(12-23)21-17-16-7-5-4-6-13(16)10-15(11-20)22-17/h4-7,10,14H,8-9,12H2,1-3H3,(H,21,22). The fourth-order valence-electron chi connectivity index (χ4n) is 2.93. The molecule has 0 spiro atoms. The van der Waals surface area contributed by atoms with Gasteiger partial charge in [-0.05, 0) is 38.6 Å². The van der Waals surface area contributed by atoms with Crippen LogP contribution in [0.3, 0.4) is 0 Å². The van der Waals surface area contributed by atoms with Crippen LogP contribution in [0.15, 0.2) is 30.3 Å². The lowest BCUT2D eigenvalue weighted by molar-refractivity contribution is 0.0293. The molecule has 1 aliphatic rings. The first-order chi connectivity index (χ1) is 11.9. The lowest BCUT2D eigenvalue weighted by Crippen LogP contribution is -2.36. The molecule has 1 amide bonds. The van der Waals surface area contributed by atoms with Crippen molar-refractivity contribution in [2.75, 3.05) is 18.4 Å². The summed E-state index contributed by atoms with van der Waals surface area (Å²) in [5, 5.41) is 14.5. The smallest absolute Gasteiger partial charge is 0.410 e. The average Bonchev–Trinajstić information content (AvgIpc) is 3.02. The van der Waals surface area contributed by atoms with Gasteiger partial charge >= 0.3 is 6.09 Å². The van der Waals surface area contributed by atoms with Crippen molar-refractivity contribution in [2.24, 2.45) is 0 Å². The van der Waals surface area contributed by atoms with Crippen LogP contribution in [-0.2, 0) is 4.74 Å². The van der Waals surface area contributed by atoms with Gasteiger partial charge in [-0.2, -0.15) is 5.26 Å². The molecule has 0 saturated carbocycles. The van der Waals surface area contributed by atoms with E-state index in [-0.39, 0.29) is 12.1 Å². The van der Waals surface area contributed by atoms with Crippen LogP contribution in [0.1, 0.15) is 32.9 Å². The summed E-state index contributed by atoms with van der Waals surface area (Å²) in [7, 11) is 0. The zero-order valence-corrected chi connectivity index (χ0v) is 14.7. The van der Waals surface area contributed by atoms with Crippen molar-refractivity contribution in [1.29, 1.82) is 5.26 Å². The van der Waals surface area contributed by atoms with E-state index >= 15 is 0 Å². The molecule has 2 heterocycles. The zero-order chi connectivity index (χ0) is 18.0. The second-order valence-electron chi connectivity index (χ2n) is 7.25. The van der Waals surface area contributed by atoms with E-state index in [9.17, 15) is 10.1 Å². The summed E-state index contributed by atoms with van der Waals surface area (Å²) in [5.41, 5.74) is -0.121. The molecule has 2 aromatic rings. The Labute approximate surface area is 147 Å². The lowest BCUT2D eigenvalue weighted by atomic mass is 10.1. The van der Waals surface area contributed by atoms with Crippen LogP contribution >= 0.6 is 0 Å². The quantitative estimate of drug-likeness (QED) is 0.906. The molecule has 25 heavy (non-hydrogen) atoms. The normalized spacial score (nSPS) is 17.4. The maximum atomic E-state index is 12.2. The van der Waals surface area contributed by atoms with Crippen LogP contribution in [0, 0.1) is 11.3 Å². The highest BCUT2D eigenvalue weighted by Crippen LogP contribution is 2.25. The summed E-state index contributed by atoms with van der Waals surface area (Å²) in [6, 6.07) is 11.8. The summed E-state index contributed by atoms with van der Waals surface area (Å²) in [5.74, 6) is 0.686. The first kappa shape index (κ1) is 17.0. The largest absolute Gasteiger partial charge is 0.444 e. The molecule has 0 bridgehead atoms. The number of anilines is 1. The van der Waals surface area contributed by atoms with E-state index in [1.807, 2.05) is 45.0 Å². The minimum absolute atomic E-state index is 0.0809. The van der Waals surface area contributed by atoms with Crippen molar-refractivity contribution in [3.05, 3.63) is 36.0 Å². The Morgan fingerprint density at radius 1 is 1.40 bits per heavy atom. The number of carbonyl (C=O) groups excluding carboxylic acids is 1. The Morgan fingerprint density at radius 2 is 2.16 bits per heavy atom. The average molecular weight is 338 g/mol. The number of nitrogens with one attached hydrogen (secondary N) is 1. The summed E-state index contributed by atoms with van der Waals surface area (Å²) in [6.07, 6.45) is 0.520. The Balaban J connectivity index is 1.75. The first-order valence-corrected chi connectivity index (χ1v) is 8.40. The fourth-order valence-corrected chi connectivity index (χ4v) is 2.93. The fraction of sp³-hybridized carbons (Fsp3) is 0.421. The minimum atomic E-state index is -0.499. The molecule has 1 N–H and O–H groups in total. The molecule has 1 aromatic carbocycles. The molecule has 1 saturated heterocycles. The molecular formula is C19H22N4O2. The highest BCUT2D eigenvalue weighted by atomic mass is 16.6. The monoisotopic (exact) mass is 338 g/mol. The van der Waals surface area contributed by atoms with Crippen LogP contribution < -0.4 is 5.32 Å². The molecule has 130 valence electrons. The molecule has 1 atom stereocenters. The summed E-state index contributed by atoms with van der Waals surface area (Å²) < 4.78 is 5.43. The number of hydrogen-bond acceptors (Lipinski definition) is 5. The number of pyridine rings is 1. The van der Waals surface area contributed by atoms with E-state index in [2.05, 4.69) is 16.4 Å². The minimum Gasteiger partial charge on any atom is -0.444 e. The number of benzene rings is 1. The molecule has 6 heteroatoms. The Kier molecular flexibility index (Phi) is 4.49. The third-order valence-electron chi connectivity index (χ3n) is 4.04. The number of likely N-dealkylation sites (tertiary alicyclic amines) is 1. The highest BCUT2D eigenvalue weighted by Gasteiger charge is 2.30. The van der Waals surface area contributed by atoms with E-state index in [4.69, 9.17) is 4.74 Å². The van der Waals surface area contributed by atoms with E-state index in [0.717, 1.165) is 17.2 Å². The van der Waals surface area contributed by atoms with E-state index in [1.54, 1.807) is 11.0 Å². The van der Waals surface area contributed by atoms with Gasteiger partial charge in [0.05, 0.1) is 0 Å². The van der Waals surface area contributed by atoms with Gasteiger partial charge in [0.1, 0.15) is 23.2 Å². The SMILES string of the molecule is CC(C)(C)OC(=O)N1CCC(Nc2nc(C#N)cc3ccccc23)C1. The third-order valence-corrected chi connectivity index (χ3v) is 4.04. The Bertz CT molecular complexity index is 835. The van der Waals surface area contributed by atoms with Crippen molar-refractivity contribution in [3.63, 3.8) is 0 Å². The Hall–Kier alpha value is -2.81. The molecule has 1 fully saturated rings. The van der Waals surface area contributed by atoms with Crippen LogP contribution in [0.2, 0.25) is 0 Å². The van der Waals surface area contributed by atoms with Gasteiger partial charge in [-0.25, -0.2) is 9.78 Å². The summed E-state index contributed by atoms with van der Waals surface area (Å²) >= 11 is 0. The van der Waals surface area contributed by atoms with Gasteiger partial charge in [0.2, 0.25) is 0 Å². The van der Waals surface area contributed by atoms with E-state index in [0.29, 0.717) is 24.6 Å². The molecule has 1 aliphatic heterocycles. The Morgan fingerprint density at radius 3 is 2.88 bits per heavy atom. The van der Waals surface area contributed by atoms with Gasteiger partial charge in [-0.15, -0.1) is 0 Å². The van der Waals surface area contributed by atoms with E-state index in [1.165, 1.54) is 0 Å². The second kappa shape index (κ2) is 6.60. The second-order valence-corrected chi connectivity index (χ2v) is 7.25. The maximum absolute atomic E-state index is 12.2. The van der Waals surface area contributed by atoms with Crippen LogP contribution in [-0.4, -0.2) is 40.7 Å². The van der Waals surface area contributed by atoms with Crippen molar-refractivity contribution in [1.82, 2.24) is 9.88 Å². The topological polar surface area (TPSA) is 78.2 Å². The molecule has 0 radical (unpaired) electrons.